The lowest BCUT2D eigenvalue weighted by molar-refractivity contribution is 0.0784. The van der Waals surface area contributed by atoms with Gasteiger partial charge in [0, 0.05) is 25.5 Å². The Morgan fingerprint density at radius 1 is 1.60 bits per heavy atom. The highest BCUT2D eigenvalue weighted by Crippen LogP contribution is 2.08. The van der Waals surface area contributed by atoms with Crippen LogP contribution in [0.3, 0.4) is 0 Å². The highest BCUT2D eigenvalue weighted by Gasteiger charge is 2.13. The number of nitrogens with one attached hydrogen (secondary N) is 1. The molecule has 0 spiro atoms. The van der Waals surface area contributed by atoms with Crippen LogP contribution in [0.15, 0.2) is 12.3 Å². The van der Waals surface area contributed by atoms with Crippen LogP contribution in [0.25, 0.3) is 0 Å². The van der Waals surface area contributed by atoms with Gasteiger partial charge in [-0.2, -0.15) is 0 Å². The monoisotopic (exact) mass is 209 g/mol. The van der Waals surface area contributed by atoms with Gasteiger partial charge >= 0.3 is 0 Å². The molecule has 0 bridgehead atoms. The summed E-state index contributed by atoms with van der Waals surface area (Å²) in [5.41, 5.74) is 6.68. The van der Waals surface area contributed by atoms with Crippen molar-refractivity contribution in [2.75, 3.05) is 19.3 Å². The molecule has 0 aliphatic heterocycles. The Labute approximate surface area is 90.5 Å². The van der Waals surface area contributed by atoms with Crippen LogP contribution >= 0.6 is 0 Å². The van der Waals surface area contributed by atoms with Crippen LogP contribution in [-0.2, 0) is 0 Å². The van der Waals surface area contributed by atoms with Gasteiger partial charge < -0.3 is 15.6 Å². The minimum Gasteiger partial charge on any atom is -0.397 e. The van der Waals surface area contributed by atoms with Crippen LogP contribution in [0.5, 0.6) is 0 Å². The number of H-pyrrole nitrogens is 1. The van der Waals surface area contributed by atoms with Crippen LogP contribution in [0.1, 0.15) is 30.8 Å². The van der Waals surface area contributed by atoms with Gasteiger partial charge in [0.25, 0.3) is 5.91 Å². The first-order chi connectivity index (χ1) is 7.00. The van der Waals surface area contributed by atoms with E-state index < -0.39 is 0 Å². The summed E-state index contributed by atoms with van der Waals surface area (Å²) in [5, 5.41) is 0. The maximum atomic E-state index is 11.8. The Morgan fingerprint density at radius 2 is 2.27 bits per heavy atom. The number of aromatic nitrogens is 1. The van der Waals surface area contributed by atoms with Crippen molar-refractivity contribution in [2.45, 2.75) is 20.3 Å². The van der Waals surface area contributed by atoms with E-state index in [9.17, 15) is 4.79 Å². The van der Waals surface area contributed by atoms with Gasteiger partial charge in [-0.15, -0.1) is 0 Å². The first-order valence-electron chi connectivity index (χ1n) is 5.20. The standard InChI is InChI=1S/C11H19N3O/c1-8(2)4-5-14(3)11(15)10-6-9(12)7-13-10/h6-8,13H,4-5,12H2,1-3H3. The normalized spacial score (nSPS) is 10.7. The van der Waals surface area contributed by atoms with Crippen LogP contribution in [0.4, 0.5) is 5.69 Å². The molecular formula is C11H19N3O. The Bertz CT molecular complexity index is 330. The van der Waals surface area contributed by atoms with Crippen LogP contribution in [0.2, 0.25) is 0 Å². The number of aromatic amines is 1. The highest BCUT2D eigenvalue weighted by molar-refractivity contribution is 5.93. The Hall–Kier alpha value is -1.45. The van der Waals surface area contributed by atoms with Crippen molar-refractivity contribution in [1.82, 2.24) is 9.88 Å². The molecule has 3 N–H and O–H groups in total. The van der Waals surface area contributed by atoms with Gasteiger partial charge in [-0.3, -0.25) is 4.79 Å². The molecule has 4 heteroatoms. The molecule has 0 aromatic carbocycles. The third kappa shape index (κ3) is 3.31. The maximum Gasteiger partial charge on any atom is 0.270 e. The van der Waals surface area contributed by atoms with Crippen LogP contribution < -0.4 is 5.73 Å². The molecule has 0 unspecified atom stereocenters. The molecular weight excluding hydrogens is 190 g/mol. The van der Waals surface area contributed by atoms with Crippen molar-refractivity contribution in [3.63, 3.8) is 0 Å². The van der Waals surface area contributed by atoms with Crippen molar-refractivity contribution < 1.29 is 4.79 Å². The molecule has 0 atom stereocenters. The molecule has 0 aliphatic carbocycles. The highest BCUT2D eigenvalue weighted by atomic mass is 16.2. The minimum atomic E-state index is -0.00708. The van der Waals surface area contributed by atoms with E-state index in [-0.39, 0.29) is 5.91 Å². The van der Waals surface area contributed by atoms with Gasteiger partial charge in [0.15, 0.2) is 0 Å². The molecule has 1 aromatic rings. The second kappa shape index (κ2) is 4.87. The fourth-order valence-electron chi connectivity index (χ4n) is 1.29. The molecule has 0 saturated carbocycles. The average Bonchev–Trinajstić information content (AvgIpc) is 2.60. The van der Waals surface area contributed by atoms with Crippen molar-refractivity contribution in [3.8, 4) is 0 Å². The minimum absolute atomic E-state index is 0.00708. The molecule has 0 fully saturated rings. The summed E-state index contributed by atoms with van der Waals surface area (Å²) in [4.78, 5) is 16.4. The largest absolute Gasteiger partial charge is 0.397 e. The first-order valence-corrected chi connectivity index (χ1v) is 5.20. The molecule has 4 nitrogen and oxygen atoms in total. The van der Waals surface area contributed by atoms with Crippen molar-refractivity contribution in [1.29, 1.82) is 0 Å². The van der Waals surface area contributed by atoms with E-state index in [2.05, 4.69) is 18.8 Å². The predicted molar refractivity (Wildman–Crippen MR) is 61.6 cm³/mol. The molecule has 1 aromatic heterocycles. The molecule has 1 rings (SSSR count). The van der Waals surface area contributed by atoms with E-state index in [1.54, 1.807) is 17.2 Å². The zero-order valence-electron chi connectivity index (χ0n) is 9.58. The molecule has 1 amide bonds. The number of hydrogen-bond donors (Lipinski definition) is 2. The number of carbonyl (C=O) groups excluding carboxylic acids is 1. The Kier molecular flexibility index (Phi) is 3.77. The quantitative estimate of drug-likeness (QED) is 0.793. The zero-order valence-corrected chi connectivity index (χ0v) is 9.58. The Balaban J connectivity index is 2.53. The topological polar surface area (TPSA) is 62.1 Å². The summed E-state index contributed by atoms with van der Waals surface area (Å²) in [6.07, 6.45) is 2.64. The van der Waals surface area contributed by atoms with E-state index >= 15 is 0 Å². The lowest BCUT2D eigenvalue weighted by Crippen LogP contribution is -2.28. The van der Waals surface area contributed by atoms with Gasteiger partial charge in [-0.1, -0.05) is 13.8 Å². The number of carbonyl (C=O) groups is 1. The van der Waals surface area contributed by atoms with Crippen molar-refractivity contribution >= 4 is 11.6 Å². The first kappa shape index (κ1) is 11.6. The number of anilines is 1. The number of hydrogen-bond acceptors (Lipinski definition) is 2. The summed E-state index contributed by atoms with van der Waals surface area (Å²) in [5.74, 6) is 0.598. The van der Waals surface area contributed by atoms with Crippen LogP contribution in [-0.4, -0.2) is 29.4 Å². The molecule has 84 valence electrons. The molecule has 15 heavy (non-hydrogen) atoms. The van der Waals surface area contributed by atoms with E-state index in [0.717, 1.165) is 13.0 Å². The van der Waals surface area contributed by atoms with Gasteiger partial charge in [0.1, 0.15) is 5.69 Å². The van der Waals surface area contributed by atoms with Crippen molar-refractivity contribution in [3.05, 3.63) is 18.0 Å². The van der Waals surface area contributed by atoms with E-state index in [0.29, 0.717) is 17.3 Å². The summed E-state index contributed by atoms with van der Waals surface area (Å²) >= 11 is 0. The third-order valence-corrected chi connectivity index (χ3v) is 2.32. The van der Waals surface area contributed by atoms with Gasteiger partial charge in [0.2, 0.25) is 0 Å². The Morgan fingerprint density at radius 3 is 2.73 bits per heavy atom. The average molecular weight is 209 g/mol. The fraction of sp³-hybridized carbons (Fsp3) is 0.545. The molecule has 0 saturated heterocycles. The van der Waals surface area contributed by atoms with Gasteiger partial charge in [-0.05, 0) is 18.4 Å². The number of nitrogens with zero attached hydrogens (tertiary/aromatic N) is 1. The summed E-state index contributed by atoms with van der Waals surface area (Å²) < 4.78 is 0. The molecule has 0 aliphatic rings. The van der Waals surface area contributed by atoms with E-state index in [1.165, 1.54) is 0 Å². The lowest BCUT2D eigenvalue weighted by Gasteiger charge is -2.17. The smallest absolute Gasteiger partial charge is 0.270 e. The van der Waals surface area contributed by atoms with Gasteiger partial charge in [-0.25, -0.2) is 0 Å². The molecule has 1 heterocycles. The van der Waals surface area contributed by atoms with Crippen LogP contribution in [0, 0.1) is 5.92 Å². The predicted octanol–water partition coefficient (Wildman–Crippen LogP) is 1.72. The number of amides is 1. The maximum absolute atomic E-state index is 11.8. The number of rotatable bonds is 4. The zero-order chi connectivity index (χ0) is 11.4. The summed E-state index contributed by atoms with van der Waals surface area (Å²) in [6.45, 7) is 5.06. The van der Waals surface area contributed by atoms with Gasteiger partial charge in [0.05, 0.1) is 0 Å². The summed E-state index contributed by atoms with van der Waals surface area (Å²) in [6, 6.07) is 1.66. The second-order valence-electron chi connectivity index (χ2n) is 4.26. The van der Waals surface area contributed by atoms with Crippen molar-refractivity contribution in [2.24, 2.45) is 5.92 Å². The summed E-state index contributed by atoms with van der Waals surface area (Å²) in [7, 11) is 1.81. The fourth-order valence-corrected chi connectivity index (χ4v) is 1.29. The number of nitrogens with two attached hydrogens (primary N) is 1. The third-order valence-electron chi connectivity index (χ3n) is 2.32. The lowest BCUT2D eigenvalue weighted by atomic mass is 10.1. The second-order valence-corrected chi connectivity index (χ2v) is 4.26. The van der Waals surface area contributed by atoms with E-state index in [4.69, 9.17) is 5.73 Å². The molecule has 0 radical (unpaired) electrons. The SMILES string of the molecule is CC(C)CCN(C)C(=O)c1cc(N)c[nH]1. The van der Waals surface area contributed by atoms with E-state index in [1.807, 2.05) is 7.05 Å². The number of nitrogen functional groups attached to an aromatic ring is 1.